The fraction of sp³-hybridized carbons (Fsp3) is 0.531. The summed E-state index contributed by atoms with van der Waals surface area (Å²) in [5.74, 6) is -3.94. The Labute approximate surface area is 255 Å². The second kappa shape index (κ2) is 12.2. The molecule has 5 atom stereocenters. The van der Waals surface area contributed by atoms with Gasteiger partial charge in [0.05, 0.1) is 35.9 Å². The minimum absolute atomic E-state index is 0.0286. The number of likely N-dealkylation sites (tertiary alicyclic amines) is 1. The molecule has 4 rings (SSSR count). The van der Waals surface area contributed by atoms with E-state index in [1.807, 2.05) is 34.6 Å². The van der Waals surface area contributed by atoms with Crippen molar-refractivity contribution in [3.8, 4) is 6.07 Å². The van der Waals surface area contributed by atoms with Crippen LogP contribution in [0.25, 0.3) is 0 Å². The summed E-state index contributed by atoms with van der Waals surface area (Å²) in [6.07, 6.45) is 1.52. The predicted molar refractivity (Wildman–Crippen MR) is 156 cm³/mol. The lowest BCUT2D eigenvalue weighted by Crippen LogP contribution is -2.46. The van der Waals surface area contributed by atoms with Gasteiger partial charge in [-0.1, -0.05) is 62.2 Å². The first kappa shape index (κ1) is 32.3. The number of Topliss-reactive ketones (excluding diaryl/α,β-unsaturated/α-hetero) is 1. The monoisotopic (exact) mass is 620 g/mol. The lowest BCUT2D eigenvalue weighted by molar-refractivity contribution is -0.139. The van der Waals surface area contributed by atoms with Crippen molar-refractivity contribution in [2.45, 2.75) is 95.6 Å². The van der Waals surface area contributed by atoms with Crippen LogP contribution in [0.2, 0.25) is 10.0 Å². The average molecular weight is 622 g/mol. The van der Waals surface area contributed by atoms with E-state index in [4.69, 9.17) is 32.7 Å². The van der Waals surface area contributed by atoms with Crippen molar-refractivity contribution in [3.05, 3.63) is 69.2 Å². The molecule has 6 nitrogen and oxygen atoms in total. The molecule has 1 amide bonds. The minimum atomic E-state index is -1.85. The van der Waals surface area contributed by atoms with Crippen molar-refractivity contribution in [1.82, 2.24) is 4.90 Å². The van der Waals surface area contributed by atoms with Crippen molar-refractivity contribution in [2.24, 2.45) is 5.41 Å². The number of rotatable bonds is 9. The third-order valence-electron chi connectivity index (χ3n) is 8.17. The van der Waals surface area contributed by atoms with Crippen LogP contribution in [0.15, 0.2) is 36.4 Å². The summed E-state index contributed by atoms with van der Waals surface area (Å²) in [6.45, 7) is 9.79. The summed E-state index contributed by atoms with van der Waals surface area (Å²) in [5, 5.41) is 10.9. The molecule has 0 radical (unpaired) electrons. The second-order valence-corrected chi connectivity index (χ2v) is 13.7. The molecule has 0 spiro atoms. The van der Waals surface area contributed by atoms with Gasteiger partial charge in [-0.05, 0) is 62.3 Å². The van der Waals surface area contributed by atoms with E-state index in [2.05, 4.69) is 6.07 Å². The lowest BCUT2D eigenvalue weighted by Gasteiger charge is -2.38. The van der Waals surface area contributed by atoms with E-state index in [1.54, 1.807) is 0 Å². The molecule has 0 saturated carbocycles. The highest BCUT2D eigenvalue weighted by Crippen LogP contribution is 2.56. The van der Waals surface area contributed by atoms with Crippen LogP contribution in [0.4, 0.5) is 8.78 Å². The van der Waals surface area contributed by atoms with Gasteiger partial charge < -0.3 is 14.4 Å². The molecule has 0 aromatic heterocycles. The van der Waals surface area contributed by atoms with Crippen molar-refractivity contribution in [1.29, 1.82) is 5.26 Å². The number of halogens is 4. The molecule has 2 aromatic carbocycles. The summed E-state index contributed by atoms with van der Waals surface area (Å²) >= 11 is 12.3. The van der Waals surface area contributed by atoms with Gasteiger partial charge in [0.25, 0.3) is 0 Å². The smallest absolute Gasteiger partial charge is 0.210 e. The van der Waals surface area contributed by atoms with Crippen molar-refractivity contribution in [3.63, 3.8) is 0 Å². The first-order valence-electron chi connectivity index (χ1n) is 14.0. The average Bonchev–Trinajstić information content (AvgIpc) is 3.38. The van der Waals surface area contributed by atoms with E-state index < -0.39 is 46.3 Å². The van der Waals surface area contributed by atoms with Gasteiger partial charge in [-0.2, -0.15) is 5.26 Å². The maximum absolute atomic E-state index is 15.9. The van der Waals surface area contributed by atoms with E-state index in [0.717, 1.165) is 6.07 Å². The van der Waals surface area contributed by atoms with E-state index in [9.17, 15) is 14.9 Å². The fourth-order valence-corrected chi connectivity index (χ4v) is 6.85. The van der Waals surface area contributed by atoms with Gasteiger partial charge in [-0.3, -0.25) is 9.59 Å². The first-order chi connectivity index (χ1) is 19.6. The molecule has 2 saturated heterocycles. The maximum atomic E-state index is 15.9. The summed E-state index contributed by atoms with van der Waals surface area (Å²) in [6, 6.07) is 8.32. The van der Waals surface area contributed by atoms with E-state index >= 15 is 8.78 Å². The molecule has 0 aliphatic carbocycles. The van der Waals surface area contributed by atoms with Crippen LogP contribution in [0.5, 0.6) is 0 Å². The van der Waals surface area contributed by atoms with E-state index in [0.29, 0.717) is 25.9 Å². The largest absolute Gasteiger partial charge is 0.348 e. The van der Waals surface area contributed by atoms with Crippen molar-refractivity contribution < 1.29 is 27.8 Å². The molecule has 0 bridgehead atoms. The van der Waals surface area contributed by atoms with Crippen LogP contribution < -0.4 is 0 Å². The van der Waals surface area contributed by atoms with Gasteiger partial charge in [-0.25, -0.2) is 8.78 Å². The number of ketones is 1. The summed E-state index contributed by atoms with van der Waals surface area (Å²) in [5.41, 5.74) is -2.40. The highest BCUT2D eigenvalue weighted by Gasteiger charge is 2.64. The standard InChI is InChI=1S/C32H36Cl2F2N2O4/c1-30(2,3)15-26-32(17-37,22-13-12-19(33)14-24(22)35)27(21-9-7-10-23(34)28(21)36)29(38(26)18-39)25(40)11-6-8-20-16-41-31(4,5)42-20/h7,9-10,12-14,18,20,26-27,29H,6,8,11,15-16H2,1-5H3/t20-,26-,27-,29-,32-/m0/s1. The molecule has 2 aliphatic rings. The molecule has 0 unspecified atom stereocenters. The molecule has 2 heterocycles. The Morgan fingerprint density at radius 3 is 2.50 bits per heavy atom. The third kappa shape index (κ3) is 6.21. The van der Waals surface area contributed by atoms with E-state index in [-0.39, 0.29) is 45.9 Å². The second-order valence-electron chi connectivity index (χ2n) is 12.8. The number of nitriles is 1. The number of hydrogen-bond donors (Lipinski definition) is 0. The zero-order valence-corrected chi connectivity index (χ0v) is 25.9. The Hall–Kier alpha value is -2.57. The SMILES string of the molecule is CC(C)(C)C[C@@H]1N(C=O)[C@@H](C(=O)CCC[C@H]2COC(C)(C)O2)[C@H](c2cccc(Cl)c2F)[C@@]1(C#N)c1ccc(Cl)cc1F. The molecule has 10 heteroatoms. The number of amides is 1. The Balaban J connectivity index is 1.88. The summed E-state index contributed by atoms with van der Waals surface area (Å²) in [7, 11) is 0. The molecule has 2 aromatic rings. The summed E-state index contributed by atoms with van der Waals surface area (Å²) < 4.78 is 43.2. The Kier molecular flexibility index (Phi) is 9.40. The van der Waals surface area contributed by atoms with Crippen LogP contribution in [0.1, 0.15) is 77.3 Å². The van der Waals surface area contributed by atoms with Crippen LogP contribution in [-0.4, -0.2) is 47.7 Å². The van der Waals surface area contributed by atoms with Crippen LogP contribution in [0, 0.1) is 28.4 Å². The molecule has 2 fully saturated rings. The highest BCUT2D eigenvalue weighted by atomic mass is 35.5. The van der Waals surface area contributed by atoms with Gasteiger partial charge in [0.1, 0.15) is 17.0 Å². The number of carbonyl (C=O) groups excluding carboxylic acids is 2. The molecule has 226 valence electrons. The normalized spacial score (nSPS) is 27.2. The van der Waals surface area contributed by atoms with Crippen LogP contribution >= 0.6 is 23.2 Å². The van der Waals surface area contributed by atoms with Gasteiger partial charge in [0, 0.05) is 22.9 Å². The van der Waals surface area contributed by atoms with Crippen molar-refractivity contribution in [2.75, 3.05) is 6.61 Å². The topological polar surface area (TPSA) is 79.6 Å². The number of benzene rings is 2. The quantitative estimate of drug-likeness (QED) is 0.274. The Bertz CT molecular complexity index is 1390. The summed E-state index contributed by atoms with van der Waals surface area (Å²) in [4.78, 5) is 28.3. The first-order valence-corrected chi connectivity index (χ1v) is 14.8. The minimum Gasteiger partial charge on any atom is -0.348 e. The highest BCUT2D eigenvalue weighted by molar-refractivity contribution is 6.31. The molecule has 0 N–H and O–H groups in total. The Morgan fingerprint density at radius 1 is 1.21 bits per heavy atom. The number of hydrogen-bond acceptors (Lipinski definition) is 5. The number of carbonyl (C=O) groups is 2. The molecular weight excluding hydrogens is 585 g/mol. The maximum Gasteiger partial charge on any atom is 0.210 e. The van der Waals surface area contributed by atoms with E-state index in [1.165, 1.54) is 35.2 Å². The Morgan fingerprint density at radius 2 is 1.93 bits per heavy atom. The number of ether oxygens (including phenoxy) is 2. The fourth-order valence-electron chi connectivity index (χ4n) is 6.50. The predicted octanol–water partition coefficient (Wildman–Crippen LogP) is 7.35. The third-order valence-corrected chi connectivity index (χ3v) is 8.69. The number of nitrogens with zero attached hydrogens (tertiary/aromatic N) is 2. The molecule has 2 aliphatic heterocycles. The molecule has 42 heavy (non-hydrogen) atoms. The van der Waals surface area contributed by atoms with Crippen LogP contribution in [-0.2, 0) is 24.5 Å². The van der Waals surface area contributed by atoms with Gasteiger partial charge >= 0.3 is 0 Å². The van der Waals surface area contributed by atoms with Crippen LogP contribution in [0.3, 0.4) is 0 Å². The van der Waals surface area contributed by atoms with Gasteiger partial charge in [0.15, 0.2) is 11.6 Å². The zero-order valence-electron chi connectivity index (χ0n) is 24.4. The molecular formula is C32H36Cl2F2N2O4. The van der Waals surface area contributed by atoms with Gasteiger partial charge in [0.2, 0.25) is 6.41 Å². The van der Waals surface area contributed by atoms with Crippen molar-refractivity contribution >= 4 is 35.4 Å². The lowest BCUT2D eigenvalue weighted by atomic mass is 9.62. The zero-order chi connectivity index (χ0) is 31.0. The van der Waals surface area contributed by atoms with Gasteiger partial charge in [-0.15, -0.1) is 0 Å².